The third kappa shape index (κ3) is 5.13. The maximum Gasteiger partial charge on any atom is 0.136 e. The molecule has 10 aromatic carbocycles. The third-order valence-corrected chi connectivity index (χ3v) is 13.5. The van der Waals surface area contributed by atoms with E-state index in [2.05, 4.69) is 241 Å². The minimum absolute atomic E-state index is 0.642. The summed E-state index contributed by atoms with van der Waals surface area (Å²) < 4.78 is 6.59. The molecule has 1 heterocycles. The molecule has 0 saturated heterocycles. The number of benzene rings is 10. The second-order valence-electron chi connectivity index (χ2n) is 16.7. The molecule has 0 saturated carbocycles. The lowest BCUT2D eigenvalue weighted by atomic mass is 9.66. The van der Waals surface area contributed by atoms with Crippen molar-refractivity contribution in [1.82, 2.24) is 0 Å². The summed E-state index contributed by atoms with van der Waals surface area (Å²) >= 11 is 0. The van der Waals surface area contributed by atoms with Crippen molar-refractivity contribution in [2.24, 2.45) is 0 Å². The van der Waals surface area contributed by atoms with Crippen LogP contribution in [0.5, 0.6) is 0 Å². The molecule has 0 aliphatic heterocycles. The highest BCUT2D eigenvalue weighted by Gasteiger charge is 2.50. The van der Waals surface area contributed by atoms with Crippen molar-refractivity contribution < 1.29 is 4.42 Å². The first kappa shape index (κ1) is 35.5. The van der Waals surface area contributed by atoms with E-state index in [0.717, 1.165) is 44.7 Å². The minimum atomic E-state index is -0.642. The Morgan fingerprint density at radius 2 is 0.794 bits per heavy atom. The van der Waals surface area contributed by atoms with Crippen LogP contribution in [0.15, 0.2) is 241 Å². The van der Waals surface area contributed by atoms with Crippen LogP contribution >= 0.6 is 0 Å². The molecule has 2 aliphatic rings. The topological polar surface area (TPSA) is 16.4 Å². The van der Waals surface area contributed by atoms with Crippen molar-refractivity contribution in [3.05, 3.63) is 259 Å². The largest absolute Gasteiger partial charge is 0.456 e. The van der Waals surface area contributed by atoms with E-state index in [9.17, 15) is 0 Å². The van der Waals surface area contributed by atoms with Gasteiger partial charge in [-0.05, 0) is 103 Å². The molecule has 1 aromatic heterocycles. The fraction of sp³-hybridized carbons (Fsp3) is 0.0164. The van der Waals surface area contributed by atoms with Gasteiger partial charge in [0.05, 0.1) is 16.8 Å². The molecule has 1 atom stereocenters. The SMILES string of the molecule is c1ccc(-c2ccccc2N(c2ccc3c(c2)-c2ccccc2-c2ccccc2C32c3ccccc3-c3c2ccc2oc4ccccc4c32)c2ccccc2-c2ccccc2)cc1. The summed E-state index contributed by atoms with van der Waals surface area (Å²) in [6.45, 7) is 0. The molecule has 63 heavy (non-hydrogen) atoms. The second-order valence-corrected chi connectivity index (χ2v) is 16.7. The number of rotatable bonds is 5. The lowest BCUT2D eigenvalue weighted by Gasteiger charge is -2.36. The van der Waals surface area contributed by atoms with Gasteiger partial charge < -0.3 is 9.32 Å². The summed E-state index contributed by atoms with van der Waals surface area (Å²) in [6.07, 6.45) is 0. The van der Waals surface area contributed by atoms with Gasteiger partial charge in [0.15, 0.2) is 0 Å². The van der Waals surface area contributed by atoms with Crippen molar-refractivity contribution in [2.45, 2.75) is 5.41 Å². The van der Waals surface area contributed by atoms with Crippen molar-refractivity contribution in [1.29, 1.82) is 0 Å². The van der Waals surface area contributed by atoms with Gasteiger partial charge in [-0.3, -0.25) is 0 Å². The molecule has 0 radical (unpaired) electrons. The zero-order valence-electron chi connectivity index (χ0n) is 34.4. The van der Waals surface area contributed by atoms with E-state index >= 15 is 0 Å². The summed E-state index contributed by atoms with van der Waals surface area (Å²) in [4.78, 5) is 2.48. The molecule has 2 heteroatoms. The van der Waals surface area contributed by atoms with E-state index < -0.39 is 5.41 Å². The Morgan fingerprint density at radius 1 is 0.317 bits per heavy atom. The number of hydrogen-bond acceptors (Lipinski definition) is 2. The van der Waals surface area contributed by atoms with Crippen LogP contribution in [0.2, 0.25) is 0 Å². The highest BCUT2D eigenvalue weighted by Crippen LogP contribution is 2.63. The van der Waals surface area contributed by atoms with E-state index in [-0.39, 0.29) is 0 Å². The molecule has 0 bridgehead atoms. The van der Waals surface area contributed by atoms with Crippen LogP contribution in [0.4, 0.5) is 17.1 Å². The van der Waals surface area contributed by atoms with E-state index in [1.165, 1.54) is 72.1 Å². The van der Waals surface area contributed by atoms with Gasteiger partial charge in [0.25, 0.3) is 0 Å². The maximum atomic E-state index is 6.59. The fourth-order valence-electron chi connectivity index (χ4n) is 11.0. The van der Waals surface area contributed by atoms with Crippen molar-refractivity contribution in [3.63, 3.8) is 0 Å². The van der Waals surface area contributed by atoms with Gasteiger partial charge in [-0.15, -0.1) is 0 Å². The van der Waals surface area contributed by atoms with E-state index in [0.29, 0.717) is 0 Å². The van der Waals surface area contributed by atoms with Gasteiger partial charge in [-0.25, -0.2) is 0 Å². The molecule has 0 fully saturated rings. The van der Waals surface area contributed by atoms with Crippen LogP contribution in [0, 0.1) is 0 Å². The second kappa shape index (κ2) is 13.9. The zero-order chi connectivity index (χ0) is 41.5. The Labute approximate surface area is 366 Å². The van der Waals surface area contributed by atoms with Gasteiger partial charge in [0, 0.05) is 27.6 Å². The standard InChI is InChI=1S/C61H39NO/c1-3-19-40(20-4-1)43-23-11-16-32-55(43)62(56-33-17-12-24-44(56)41-21-5-2-6-22-41)42-35-36-53-50(39-42)46-26-8-7-25-45(46)47-27-9-14-30-51(47)61(53)52-31-15-10-28-48(52)59-54(61)37-38-58-60(59)49-29-13-18-34-57(49)63-58/h1-39H. The normalized spacial score (nSPS) is 14.4. The monoisotopic (exact) mass is 801 g/mol. The lowest BCUT2D eigenvalue weighted by molar-refractivity contribution is 0.668. The molecular weight excluding hydrogens is 763 g/mol. The van der Waals surface area contributed by atoms with Crippen LogP contribution in [0.3, 0.4) is 0 Å². The van der Waals surface area contributed by atoms with Gasteiger partial charge in [0.1, 0.15) is 11.2 Å². The summed E-state index contributed by atoms with van der Waals surface area (Å²) in [5.74, 6) is 0. The Bertz CT molecular complexity index is 3500. The van der Waals surface area contributed by atoms with Crippen LogP contribution in [0.25, 0.3) is 77.6 Å². The highest BCUT2D eigenvalue weighted by molar-refractivity contribution is 6.16. The molecular formula is C61H39NO. The lowest BCUT2D eigenvalue weighted by Crippen LogP contribution is -2.29. The zero-order valence-corrected chi connectivity index (χ0v) is 34.4. The molecule has 1 spiro atoms. The van der Waals surface area contributed by atoms with Gasteiger partial charge in [-0.2, -0.15) is 0 Å². The number of hydrogen-bond donors (Lipinski definition) is 0. The average molecular weight is 802 g/mol. The first-order valence-corrected chi connectivity index (χ1v) is 21.8. The van der Waals surface area contributed by atoms with Gasteiger partial charge >= 0.3 is 0 Å². The molecule has 294 valence electrons. The van der Waals surface area contributed by atoms with E-state index in [1.807, 2.05) is 0 Å². The average Bonchev–Trinajstić information content (AvgIpc) is 3.85. The Hall–Kier alpha value is -8.20. The quantitative estimate of drug-likeness (QED) is 0.172. The third-order valence-electron chi connectivity index (χ3n) is 13.5. The van der Waals surface area contributed by atoms with E-state index in [4.69, 9.17) is 4.42 Å². The van der Waals surface area contributed by atoms with Gasteiger partial charge in [0.2, 0.25) is 0 Å². The number of anilines is 3. The number of furan rings is 1. The van der Waals surface area contributed by atoms with Gasteiger partial charge in [-0.1, -0.05) is 200 Å². The number of para-hydroxylation sites is 3. The predicted molar refractivity (Wildman–Crippen MR) is 261 cm³/mol. The summed E-state index contributed by atoms with van der Waals surface area (Å²) in [7, 11) is 0. The molecule has 2 aliphatic carbocycles. The Morgan fingerprint density at radius 3 is 1.46 bits per heavy atom. The number of fused-ring (bicyclic) bond motifs is 16. The smallest absolute Gasteiger partial charge is 0.136 e. The molecule has 0 N–H and O–H groups in total. The van der Waals surface area contributed by atoms with Crippen LogP contribution in [0.1, 0.15) is 22.3 Å². The summed E-state index contributed by atoms with van der Waals surface area (Å²) in [5.41, 5.74) is 21.6. The van der Waals surface area contributed by atoms with E-state index in [1.54, 1.807) is 0 Å². The van der Waals surface area contributed by atoms with Crippen LogP contribution in [-0.4, -0.2) is 0 Å². The Balaban J connectivity index is 1.16. The van der Waals surface area contributed by atoms with Crippen LogP contribution < -0.4 is 4.90 Å². The summed E-state index contributed by atoms with van der Waals surface area (Å²) in [5, 5.41) is 2.31. The van der Waals surface area contributed by atoms with Crippen LogP contribution in [-0.2, 0) is 5.41 Å². The number of nitrogens with zero attached hydrogens (tertiary/aromatic N) is 1. The first-order valence-electron chi connectivity index (χ1n) is 21.8. The van der Waals surface area contributed by atoms with Crippen molar-refractivity contribution >= 4 is 39.0 Å². The fourth-order valence-corrected chi connectivity index (χ4v) is 11.0. The summed E-state index contributed by atoms with van der Waals surface area (Å²) in [6, 6.07) is 86.7. The van der Waals surface area contributed by atoms with Crippen molar-refractivity contribution in [2.75, 3.05) is 4.90 Å². The highest BCUT2D eigenvalue weighted by atomic mass is 16.3. The van der Waals surface area contributed by atoms with Crippen molar-refractivity contribution in [3.8, 4) is 55.6 Å². The first-order chi connectivity index (χ1) is 31.3. The Kier molecular flexibility index (Phi) is 7.85. The molecule has 0 amide bonds. The molecule has 11 aromatic rings. The molecule has 13 rings (SSSR count). The predicted octanol–water partition coefficient (Wildman–Crippen LogP) is 16.4. The maximum absolute atomic E-state index is 6.59. The molecule has 2 nitrogen and oxygen atoms in total. The minimum Gasteiger partial charge on any atom is -0.456 e. The molecule has 1 unspecified atom stereocenters.